The molecule has 1 aliphatic carbocycles. The number of nitrogens with zero attached hydrogens (tertiary/aromatic N) is 3. The Kier molecular flexibility index (Phi) is 6.60. The lowest BCUT2D eigenvalue weighted by Crippen LogP contribution is -2.51. The van der Waals surface area contributed by atoms with Crippen molar-refractivity contribution < 1.29 is 9.59 Å². The number of amides is 2. The van der Waals surface area contributed by atoms with Gasteiger partial charge in [-0.25, -0.2) is 4.98 Å². The molecule has 1 atom stereocenters. The molecule has 1 aliphatic heterocycles. The van der Waals surface area contributed by atoms with E-state index in [2.05, 4.69) is 34.3 Å². The molecule has 2 N–H and O–H groups in total. The molecule has 2 aliphatic rings. The van der Waals surface area contributed by atoms with Crippen LogP contribution in [0.2, 0.25) is 5.02 Å². The van der Waals surface area contributed by atoms with Gasteiger partial charge in [0.25, 0.3) is 5.91 Å². The minimum absolute atomic E-state index is 0.00861. The van der Waals surface area contributed by atoms with Crippen LogP contribution in [0.4, 0.5) is 0 Å². The highest BCUT2D eigenvalue weighted by Gasteiger charge is 2.33. The quantitative estimate of drug-likeness (QED) is 0.679. The van der Waals surface area contributed by atoms with E-state index in [0.29, 0.717) is 41.9 Å². The summed E-state index contributed by atoms with van der Waals surface area (Å²) in [6.07, 6.45) is 4.67. The number of hydrogen-bond acceptors (Lipinski definition) is 4. The molecule has 8 heteroatoms. The molecule has 1 saturated carbocycles. The van der Waals surface area contributed by atoms with E-state index in [-0.39, 0.29) is 17.7 Å². The van der Waals surface area contributed by atoms with Gasteiger partial charge in [-0.15, -0.1) is 0 Å². The van der Waals surface area contributed by atoms with Crippen LogP contribution in [0.1, 0.15) is 79.8 Å². The average molecular weight is 444 g/mol. The second-order valence-electron chi connectivity index (χ2n) is 9.12. The number of likely N-dealkylation sites (tertiary alicyclic amines) is 1. The van der Waals surface area contributed by atoms with E-state index in [9.17, 15) is 9.59 Å². The lowest BCUT2D eigenvalue weighted by molar-refractivity contribution is -0.134. The third-order valence-electron chi connectivity index (χ3n) is 6.07. The molecule has 1 saturated heterocycles. The summed E-state index contributed by atoms with van der Waals surface area (Å²) >= 11 is 5.92. The molecular weight excluding hydrogens is 414 g/mol. The Hall–Kier alpha value is -2.41. The maximum Gasteiger partial charge on any atom is 0.251 e. The number of halogens is 1. The largest absolute Gasteiger partial charge is 0.341 e. The van der Waals surface area contributed by atoms with Crippen LogP contribution in [-0.2, 0) is 4.79 Å². The topological polar surface area (TPSA) is 91.0 Å². The van der Waals surface area contributed by atoms with Crippen LogP contribution < -0.4 is 5.32 Å². The van der Waals surface area contributed by atoms with E-state index in [4.69, 9.17) is 11.6 Å². The molecule has 2 amide bonds. The third-order valence-corrected chi connectivity index (χ3v) is 6.32. The van der Waals surface area contributed by atoms with Crippen molar-refractivity contribution in [3.8, 4) is 0 Å². The van der Waals surface area contributed by atoms with Gasteiger partial charge in [0.15, 0.2) is 5.82 Å². The summed E-state index contributed by atoms with van der Waals surface area (Å²) in [5, 5.41) is 11.0. The summed E-state index contributed by atoms with van der Waals surface area (Å²) < 4.78 is 0. The van der Waals surface area contributed by atoms with Gasteiger partial charge < -0.3 is 10.2 Å². The molecule has 2 fully saturated rings. The van der Waals surface area contributed by atoms with Crippen LogP contribution in [0.5, 0.6) is 0 Å². The first-order valence-corrected chi connectivity index (χ1v) is 11.6. The Morgan fingerprint density at radius 3 is 2.42 bits per heavy atom. The average Bonchev–Trinajstić information content (AvgIpc) is 3.49. The Balaban J connectivity index is 1.36. The molecule has 4 rings (SSSR count). The van der Waals surface area contributed by atoms with Crippen LogP contribution in [-0.4, -0.2) is 51.0 Å². The van der Waals surface area contributed by atoms with Crippen molar-refractivity contribution in [2.75, 3.05) is 13.1 Å². The van der Waals surface area contributed by atoms with E-state index in [1.54, 1.807) is 24.3 Å². The molecule has 0 spiro atoms. The predicted molar refractivity (Wildman–Crippen MR) is 119 cm³/mol. The third kappa shape index (κ3) is 5.45. The van der Waals surface area contributed by atoms with Crippen molar-refractivity contribution in [2.45, 2.75) is 63.8 Å². The minimum Gasteiger partial charge on any atom is -0.341 e. The second kappa shape index (κ2) is 9.39. The van der Waals surface area contributed by atoms with Gasteiger partial charge in [-0.05, 0) is 62.3 Å². The van der Waals surface area contributed by atoms with E-state index < -0.39 is 6.04 Å². The summed E-state index contributed by atoms with van der Waals surface area (Å²) in [7, 11) is 0. The van der Waals surface area contributed by atoms with Crippen molar-refractivity contribution in [2.24, 2.45) is 5.92 Å². The van der Waals surface area contributed by atoms with E-state index in [0.717, 1.165) is 24.5 Å². The molecule has 0 bridgehead atoms. The Bertz CT molecular complexity index is 914. The fourth-order valence-electron chi connectivity index (χ4n) is 4.12. The highest BCUT2D eigenvalue weighted by molar-refractivity contribution is 6.30. The zero-order chi connectivity index (χ0) is 22.0. The van der Waals surface area contributed by atoms with Crippen molar-refractivity contribution in [1.82, 2.24) is 25.4 Å². The summed E-state index contributed by atoms with van der Waals surface area (Å²) in [5.74, 6) is 2.75. The maximum absolute atomic E-state index is 13.3. The standard InChI is InChI=1S/C23H30ClN5O2/c1-14(2)13-19(25-22(30)17-5-7-18(24)8-6-17)23(31)29-11-9-16(10-12-29)21-26-20(27-28-21)15-3-4-15/h5-8,14-16,19H,3-4,9-13H2,1-2H3,(H,25,30)(H,26,27,28). The van der Waals surface area contributed by atoms with Gasteiger partial charge in [0.05, 0.1) is 0 Å². The van der Waals surface area contributed by atoms with E-state index >= 15 is 0 Å². The van der Waals surface area contributed by atoms with E-state index in [1.165, 1.54) is 12.8 Å². The first-order chi connectivity index (χ1) is 14.9. The van der Waals surface area contributed by atoms with Crippen molar-refractivity contribution >= 4 is 23.4 Å². The Morgan fingerprint density at radius 1 is 1.13 bits per heavy atom. The van der Waals surface area contributed by atoms with Crippen LogP contribution in [0, 0.1) is 5.92 Å². The van der Waals surface area contributed by atoms with Gasteiger partial charge in [-0.2, -0.15) is 5.10 Å². The molecule has 1 aromatic heterocycles. The monoisotopic (exact) mass is 443 g/mol. The number of benzene rings is 1. The lowest BCUT2D eigenvalue weighted by Gasteiger charge is -2.34. The maximum atomic E-state index is 13.3. The van der Waals surface area contributed by atoms with Gasteiger partial charge in [-0.1, -0.05) is 25.4 Å². The molecule has 7 nitrogen and oxygen atoms in total. The number of rotatable bonds is 7. The van der Waals surface area contributed by atoms with Crippen molar-refractivity contribution in [3.63, 3.8) is 0 Å². The van der Waals surface area contributed by atoms with Gasteiger partial charge >= 0.3 is 0 Å². The van der Waals surface area contributed by atoms with E-state index in [1.807, 2.05) is 4.90 Å². The second-order valence-corrected chi connectivity index (χ2v) is 9.55. The summed E-state index contributed by atoms with van der Waals surface area (Å²) in [5.41, 5.74) is 0.501. The molecule has 166 valence electrons. The number of carbonyl (C=O) groups is 2. The normalized spacial score (nSPS) is 18.3. The fraction of sp³-hybridized carbons (Fsp3) is 0.565. The first-order valence-electron chi connectivity index (χ1n) is 11.2. The van der Waals surface area contributed by atoms with Gasteiger partial charge in [0, 0.05) is 35.5 Å². The molecule has 0 radical (unpaired) electrons. The van der Waals surface area contributed by atoms with Crippen LogP contribution >= 0.6 is 11.6 Å². The lowest BCUT2D eigenvalue weighted by atomic mass is 9.94. The number of piperidine rings is 1. The highest BCUT2D eigenvalue weighted by Crippen LogP contribution is 2.38. The number of H-pyrrole nitrogens is 1. The Labute approximate surface area is 188 Å². The van der Waals surface area contributed by atoms with Crippen LogP contribution in [0.15, 0.2) is 24.3 Å². The number of hydrogen-bond donors (Lipinski definition) is 2. The number of aromatic amines is 1. The van der Waals surface area contributed by atoms with Crippen molar-refractivity contribution in [3.05, 3.63) is 46.5 Å². The molecule has 1 aromatic carbocycles. The number of nitrogens with one attached hydrogen (secondary N) is 2. The molecular formula is C23H30ClN5O2. The predicted octanol–water partition coefficient (Wildman–Crippen LogP) is 3.89. The zero-order valence-electron chi connectivity index (χ0n) is 18.1. The summed E-state index contributed by atoms with van der Waals surface area (Å²) in [6.45, 7) is 5.44. The minimum atomic E-state index is -0.536. The molecule has 2 aromatic rings. The molecule has 31 heavy (non-hydrogen) atoms. The van der Waals surface area contributed by atoms with Gasteiger partial charge in [0.1, 0.15) is 11.9 Å². The highest BCUT2D eigenvalue weighted by atomic mass is 35.5. The first kappa shape index (κ1) is 21.8. The molecule has 2 heterocycles. The van der Waals surface area contributed by atoms with Gasteiger partial charge in [-0.3, -0.25) is 14.7 Å². The summed E-state index contributed by atoms with van der Waals surface area (Å²) in [6, 6.07) is 6.17. The fourth-order valence-corrected chi connectivity index (χ4v) is 4.25. The Morgan fingerprint density at radius 2 is 1.81 bits per heavy atom. The van der Waals surface area contributed by atoms with Gasteiger partial charge in [0.2, 0.25) is 5.91 Å². The van der Waals surface area contributed by atoms with Crippen molar-refractivity contribution in [1.29, 1.82) is 0 Å². The number of carbonyl (C=O) groups excluding carboxylic acids is 2. The number of aromatic nitrogens is 3. The molecule has 1 unspecified atom stereocenters. The smallest absolute Gasteiger partial charge is 0.251 e. The SMILES string of the molecule is CC(C)CC(NC(=O)c1ccc(Cl)cc1)C(=O)N1CCC(c2nc(C3CC3)n[nH]2)CC1. The van der Waals surface area contributed by atoms with Crippen LogP contribution in [0.3, 0.4) is 0 Å². The summed E-state index contributed by atoms with van der Waals surface area (Å²) in [4.78, 5) is 32.5. The van der Waals surface area contributed by atoms with Crippen LogP contribution in [0.25, 0.3) is 0 Å². The zero-order valence-corrected chi connectivity index (χ0v) is 18.9.